The highest BCUT2D eigenvalue weighted by Gasteiger charge is 2.14. The average Bonchev–Trinajstić information content (AvgIpc) is 2.98. The van der Waals surface area contributed by atoms with Gasteiger partial charge in [0.25, 0.3) is 5.91 Å². The fourth-order valence-electron chi connectivity index (χ4n) is 2.67. The molecular formula is C19H19FN2O4S2. The van der Waals surface area contributed by atoms with Crippen molar-refractivity contribution in [2.45, 2.75) is 18.4 Å². The van der Waals surface area contributed by atoms with E-state index in [1.165, 1.54) is 35.6 Å². The molecule has 0 N–H and O–H groups in total. The quantitative estimate of drug-likeness (QED) is 0.572. The molecule has 1 amide bonds. The maximum atomic E-state index is 13.9. The molecule has 0 saturated heterocycles. The van der Waals surface area contributed by atoms with Gasteiger partial charge in [-0.25, -0.2) is 12.8 Å². The van der Waals surface area contributed by atoms with E-state index >= 15 is 0 Å². The summed E-state index contributed by atoms with van der Waals surface area (Å²) in [7, 11) is -3.36. The number of sulfone groups is 1. The maximum Gasteiger partial charge on any atom is 0.282 e. The Labute approximate surface area is 165 Å². The molecule has 0 aliphatic heterocycles. The molecular weight excluding hydrogens is 403 g/mol. The van der Waals surface area contributed by atoms with E-state index in [1.807, 2.05) is 6.92 Å². The average molecular weight is 423 g/mol. The van der Waals surface area contributed by atoms with Crippen molar-refractivity contribution in [3.05, 3.63) is 58.6 Å². The largest absolute Gasteiger partial charge is 0.380 e. The van der Waals surface area contributed by atoms with Crippen molar-refractivity contribution >= 4 is 37.3 Å². The maximum absolute atomic E-state index is 13.9. The van der Waals surface area contributed by atoms with Gasteiger partial charge in [-0.1, -0.05) is 23.5 Å². The lowest BCUT2D eigenvalue weighted by Gasteiger charge is -2.06. The molecule has 3 rings (SSSR count). The number of benzene rings is 2. The van der Waals surface area contributed by atoms with E-state index in [4.69, 9.17) is 4.74 Å². The fraction of sp³-hybridized carbons (Fsp3) is 0.263. The Bertz CT molecular complexity index is 1200. The molecule has 1 heterocycles. The van der Waals surface area contributed by atoms with E-state index < -0.39 is 21.6 Å². The van der Waals surface area contributed by atoms with Gasteiger partial charge in [0.15, 0.2) is 14.6 Å². The number of carbonyl (C=O) groups is 1. The first-order valence-corrected chi connectivity index (χ1v) is 11.3. The van der Waals surface area contributed by atoms with Gasteiger partial charge in [0.2, 0.25) is 0 Å². The van der Waals surface area contributed by atoms with E-state index in [2.05, 4.69) is 4.99 Å². The van der Waals surface area contributed by atoms with E-state index in [0.717, 1.165) is 11.8 Å². The SMILES string of the molecule is CCOCCn1c(=NC(=O)c2ccccc2F)sc2cc(S(C)(=O)=O)ccc21. The number of amides is 1. The molecule has 0 radical (unpaired) electrons. The summed E-state index contributed by atoms with van der Waals surface area (Å²) in [5.74, 6) is -1.34. The van der Waals surface area contributed by atoms with Gasteiger partial charge < -0.3 is 9.30 Å². The third-order valence-electron chi connectivity index (χ3n) is 4.05. The molecule has 0 bridgehead atoms. The Hall–Kier alpha value is -2.36. The predicted molar refractivity (Wildman–Crippen MR) is 106 cm³/mol. The first-order valence-electron chi connectivity index (χ1n) is 8.56. The molecule has 1 aromatic heterocycles. The standard InChI is InChI=1S/C19H19FN2O4S2/c1-3-26-11-10-22-16-9-8-13(28(2,24)25)12-17(16)27-19(22)21-18(23)14-6-4-5-7-15(14)20/h4-9,12H,3,10-11H2,1-2H3. The Morgan fingerprint density at radius 3 is 2.68 bits per heavy atom. The van der Waals surface area contributed by atoms with E-state index in [9.17, 15) is 17.6 Å². The van der Waals surface area contributed by atoms with E-state index in [-0.39, 0.29) is 10.5 Å². The first kappa shape index (κ1) is 20.4. The molecule has 0 fully saturated rings. The zero-order valence-electron chi connectivity index (χ0n) is 15.4. The fourth-order valence-corrected chi connectivity index (χ4v) is 4.48. The van der Waals surface area contributed by atoms with Crippen LogP contribution in [0.2, 0.25) is 0 Å². The zero-order chi connectivity index (χ0) is 20.3. The van der Waals surface area contributed by atoms with Gasteiger partial charge >= 0.3 is 0 Å². The number of fused-ring (bicyclic) bond motifs is 1. The number of aromatic nitrogens is 1. The van der Waals surface area contributed by atoms with E-state index in [0.29, 0.717) is 29.3 Å². The van der Waals surface area contributed by atoms with Crippen molar-refractivity contribution in [2.24, 2.45) is 4.99 Å². The van der Waals surface area contributed by atoms with Crippen LogP contribution in [0.15, 0.2) is 52.4 Å². The van der Waals surface area contributed by atoms with E-state index in [1.54, 1.807) is 22.8 Å². The normalized spacial score (nSPS) is 12.6. The van der Waals surface area contributed by atoms with Gasteiger partial charge in [-0.05, 0) is 37.3 Å². The van der Waals surface area contributed by atoms with Crippen LogP contribution in [0.4, 0.5) is 4.39 Å². The second-order valence-electron chi connectivity index (χ2n) is 6.03. The van der Waals surface area contributed by atoms with Crippen molar-refractivity contribution in [1.82, 2.24) is 4.57 Å². The summed E-state index contributed by atoms with van der Waals surface area (Å²) in [6, 6.07) is 10.4. The van der Waals surface area contributed by atoms with Crippen LogP contribution in [0.5, 0.6) is 0 Å². The molecule has 0 spiro atoms. The molecule has 0 saturated carbocycles. The monoisotopic (exact) mass is 422 g/mol. The molecule has 9 heteroatoms. The minimum absolute atomic E-state index is 0.117. The van der Waals surface area contributed by atoms with Crippen LogP contribution in [-0.4, -0.2) is 38.4 Å². The zero-order valence-corrected chi connectivity index (χ0v) is 17.0. The van der Waals surface area contributed by atoms with Crippen molar-refractivity contribution < 1.29 is 22.3 Å². The summed E-state index contributed by atoms with van der Waals surface area (Å²) in [5, 5.41) is 0. The number of ether oxygens (including phenoxy) is 1. The minimum atomic E-state index is -3.36. The summed E-state index contributed by atoms with van der Waals surface area (Å²) in [4.78, 5) is 17.1. The van der Waals surface area contributed by atoms with Crippen LogP contribution >= 0.6 is 11.3 Å². The number of halogens is 1. The van der Waals surface area contributed by atoms with Crippen LogP contribution in [0.1, 0.15) is 17.3 Å². The molecule has 148 valence electrons. The number of hydrogen-bond donors (Lipinski definition) is 0. The van der Waals surface area contributed by atoms with Gasteiger partial charge in [-0.15, -0.1) is 0 Å². The second-order valence-corrected chi connectivity index (χ2v) is 9.06. The number of thiazole rings is 1. The van der Waals surface area contributed by atoms with Crippen LogP contribution < -0.4 is 4.80 Å². The van der Waals surface area contributed by atoms with Crippen LogP contribution in [0, 0.1) is 5.82 Å². The van der Waals surface area contributed by atoms with Crippen molar-refractivity contribution in [3.8, 4) is 0 Å². The number of rotatable bonds is 6. The van der Waals surface area contributed by atoms with Crippen molar-refractivity contribution in [3.63, 3.8) is 0 Å². The number of hydrogen-bond acceptors (Lipinski definition) is 5. The van der Waals surface area contributed by atoms with Crippen molar-refractivity contribution in [1.29, 1.82) is 0 Å². The lowest BCUT2D eigenvalue weighted by molar-refractivity contribution is 0.0993. The van der Waals surface area contributed by atoms with Gasteiger partial charge in [0.1, 0.15) is 5.82 Å². The summed E-state index contributed by atoms with van der Waals surface area (Å²) >= 11 is 1.17. The Kier molecular flexibility index (Phi) is 6.07. The highest BCUT2D eigenvalue weighted by molar-refractivity contribution is 7.90. The van der Waals surface area contributed by atoms with Crippen LogP contribution in [0.25, 0.3) is 10.2 Å². The summed E-state index contributed by atoms with van der Waals surface area (Å²) < 4.78 is 45.4. The summed E-state index contributed by atoms with van der Waals surface area (Å²) in [6.45, 7) is 3.25. The Morgan fingerprint density at radius 1 is 1.25 bits per heavy atom. The summed E-state index contributed by atoms with van der Waals surface area (Å²) in [6.07, 6.45) is 1.14. The van der Waals surface area contributed by atoms with Crippen LogP contribution in [0.3, 0.4) is 0 Å². The van der Waals surface area contributed by atoms with Gasteiger partial charge in [0, 0.05) is 19.4 Å². The topological polar surface area (TPSA) is 77.7 Å². The second kappa shape index (κ2) is 8.34. The number of carbonyl (C=O) groups excluding carboxylic acids is 1. The molecule has 0 atom stereocenters. The highest BCUT2D eigenvalue weighted by atomic mass is 32.2. The van der Waals surface area contributed by atoms with Gasteiger partial charge in [-0.3, -0.25) is 4.79 Å². The van der Waals surface area contributed by atoms with Crippen molar-refractivity contribution in [2.75, 3.05) is 19.5 Å². The molecule has 28 heavy (non-hydrogen) atoms. The molecule has 2 aromatic carbocycles. The highest BCUT2D eigenvalue weighted by Crippen LogP contribution is 2.22. The lowest BCUT2D eigenvalue weighted by Crippen LogP contribution is -2.20. The Morgan fingerprint density at radius 2 is 2.00 bits per heavy atom. The Balaban J connectivity index is 2.14. The molecule has 0 unspecified atom stereocenters. The molecule has 0 aliphatic carbocycles. The first-order chi connectivity index (χ1) is 13.3. The minimum Gasteiger partial charge on any atom is -0.380 e. The van der Waals surface area contributed by atoms with Gasteiger partial charge in [-0.2, -0.15) is 4.99 Å². The third kappa shape index (κ3) is 4.37. The van der Waals surface area contributed by atoms with Crippen LogP contribution in [-0.2, 0) is 21.1 Å². The smallest absolute Gasteiger partial charge is 0.282 e. The lowest BCUT2D eigenvalue weighted by atomic mass is 10.2. The number of nitrogens with zero attached hydrogens (tertiary/aromatic N) is 2. The third-order valence-corrected chi connectivity index (χ3v) is 6.20. The molecule has 3 aromatic rings. The molecule has 6 nitrogen and oxygen atoms in total. The van der Waals surface area contributed by atoms with Gasteiger partial charge in [0.05, 0.1) is 27.3 Å². The predicted octanol–water partition coefficient (Wildman–Crippen LogP) is 3.02. The molecule has 0 aliphatic rings. The summed E-state index contributed by atoms with van der Waals surface area (Å²) in [5.41, 5.74) is 0.616.